The van der Waals surface area contributed by atoms with Gasteiger partial charge in [-0.25, -0.2) is 0 Å². The molecule has 1 atom stereocenters. The first-order valence-corrected chi connectivity index (χ1v) is 6.45. The van der Waals surface area contributed by atoms with E-state index >= 15 is 0 Å². The van der Waals surface area contributed by atoms with Crippen LogP contribution in [0.4, 0.5) is 0 Å². The van der Waals surface area contributed by atoms with Gasteiger partial charge in [-0.15, -0.1) is 0 Å². The third-order valence-corrected chi connectivity index (χ3v) is 3.95. The lowest BCUT2D eigenvalue weighted by atomic mass is 10.0. The lowest BCUT2D eigenvalue weighted by Crippen LogP contribution is -2.52. The van der Waals surface area contributed by atoms with Gasteiger partial charge in [-0.3, -0.25) is 9.59 Å². The molecule has 0 aromatic heterocycles. The zero-order valence-corrected chi connectivity index (χ0v) is 10.3. The van der Waals surface area contributed by atoms with Crippen molar-refractivity contribution in [1.29, 1.82) is 0 Å². The Bertz CT molecular complexity index is 467. The van der Waals surface area contributed by atoms with E-state index in [9.17, 15) is 9.59 Å². The molecule has 18 heavy (non-hydrogen) atoms. The molecule has 3 rings (SSSR count). The van der Waals surface area contributed by atoms with Crippen LogP contribution in [-0.2, 0) is 9.59 Å². The van der Waals surface area contributed by atoms with Crippen molar-refractivity contribution in [2.45, 2.75) is 31.7 Å². The molecule has 0 saturated carbocycles. The molecule has 3 heterocycles. The molecule has 96 valence electrons. The summed E-state index contributed by atoms with van der Waals surface area (Å²) in [5.74, 6) is -0.304. The van der Waals surface area contributed by atoms with Crippen molar-refractivity contribution in [2.75, 3.05) is 13.1 Å². The summed E-state index contributed by atoms with van der Waals surface area (Å²) in [6.45, 7) is 1.62. The first-order chi connectivity index (χ1) is 8.66. The molecule has 2 saturated heterocycles. The highest BCUT2D eigenvalue weighted by Crippen LogP contribution is 2.31. The minimum atomic E-state index is -0.395. The van der Waals surface area contributed by atoms with E-state index in [1.165, 1.54) is 0 Å². The van der Waals surface area contributed by atoms with E-state index in [0.717, 1.165) is 38.0 Å². The fourth-order valence-electron chi connectivity index (χ4n) is 2.96. The maximum absolute atomic E-state index is 12.3. The highest BCUT2D eigenvalue weighted by Gasteiger charge is 2.37. The van der Waals surface area contributed by atoms with Crippen LogP contribution in [0.5, 0.6) is 0 Å². The number of primary amides is 1. The Kier molecular flexibility index (Phi) is 2.61. The average Bonchev–Trinajstić information content (AvgIpc) is 2.59. The highest BCUT2D eigenvalue weighted by atomic mass is 16.2. The fraction of sp³-hybridized carbons (Fsp3) is 0.538. The predicted octanol–water partition coefficient (Wildman–Crippen LogP) is 0.340. The molecule has 2 bridgehead atoms. The van der Waals surface area contributed by atoms with Gasteiger partial charge in [0.2, 0.25) is 5.91 Å². The number of hydrogen-bond acceptors (Lipinski definition) is 3. The smallest absolute Gasteiger partial charge is 0.270 e. The lowest BCUT2D eigenvalue weighted by molar-refractivity contribution is -0.132. The van der Waals surface area contributed by atoms with Crippen LogP contribution in [0.2, 0.25) is 0 Å². The van der Waals surface area contributed by atoms with E-state index in [2.05, 4.69) is 0 Å². The van der Waals surface area contributed by atoms with Crippen LogP contribution in [-0.4, -0.2) is 40.7 Å². The third-order valence-electron chi connectivity index (χ3n) is 3.95. The number of hydrogen-bond donors (Lipinski definition) is 1. The molecule has 2 N–H and O–H groups in total. The summed E-state index contributed by atoms with van der Waals surface area (Å²) in [7, 11) is 0. The SMILES string of the molecule is NC(=O)C1=CN2C(=CC1)C(=O)N1CCCCC2C1. The van der Waals surface area contributed by atoms with Crippen LogP contribution in [0.3, 0.4) is 0 Å². The first-order valence-electron chi connectivity index (χ1n) is 6.45. The molecule has 0 spiro atoms. The molecule has 0 aromatic rings. The standard InChI is InChI=1S/C13H17N3O2/c14-12(17)9-4-5-11-13(18)15-6-2-1-3-10(8-15)16(11)7-9/h5,7,10H,1-4,6,8H2,(H2,14,17). The molecular weight excluding hydrogens is 230 g/mol. The largest absolute Gasteiger partial charge is 0.366 e. The second-order valence-electron chi connectivity index (χ2n) is 5.12. The summed E-state index contributed by atoms with van der Waals surface area (Å²) in [5, 5.41) is 0. The zero-order valence-electron chi connectivity index (χ0n) is 10.3. The normalized spacial score (nSPS) is 27.1. The molecule has 2 amide bonds. The summed E-state index contributed by atoms with van der Waals surface area (Å²) < 4.78 is 0. The molecular formula is C13H17N3O2. The number of allylic oxidation sites excluding steroid dienone is 1. The Morgan fingerprint density at radius 1 is 1.39 bits per heavy atom. The quantitative estimate of drug-likeness (QED) is 0.726. The second-order valence-corrected chi connectivity index (χ2v) is 5.12. The zero-order chi connectivity index (χ0) is 12.7. The van der Waals surface area contributed by atoms with Gasteiger partial charge in [0.05, 0.1) is 6.04 Å². The third kappa shape index (κ3) is 1.70. The summed E-state index contributed by atoms with van der Waals surface area (Å²) in [6.07, 6.45) is 7.33. The van der Waals surface area contributed by atoms with E-state index in [1.54, 1.807) is 6.20 Å². The van der Waals surface area contributed by atoms with Crippen molar-refractivity contribution in [1.82, 2.24) is 9.80 Å². The monoisotopic (exact) mass is 247 g/mol. The van der Waals surface area contributed by atoms with Crippen LogP contribution in [0.1, 0.15) is 25.7 Å². The van der Waals surface area contributed by atoms with Gasteiger partial charge in [-0.05, 0) is 25.7 Å². The number of amides is 2. The van der Waals surface area contributed by atoms with E-state index in [0.29, 0.717) is 18.0 Å². The van der Waals surface area contributed by atoms with Crippen LogP contribution < -0.4 is 5.73 Å². The number of carbonyl (C=O) groups excluding carboxylic acids is 2. The van der Waals surface area contributed by atoms with E-state index in [4.69, 9.17) is 5.73 Å². The number of nitrogens with two attached hydrogens (primary N) is 1. The first kappa shape index (κ1) is 11.3. The minimum absolute atomic E-state index is 0.0907. The van der Waals surface area contributed by atoms with Gasteiger partial charge in [0.1, 0.15) is 5.70 Å². The lowest BCUT2D eigenvalue weighted by Gasteiger charge is -2.42. The van der Waals surface area contributed by atoms with E-state index in [-0.39, 0.29) is 5.91 Å². The van der Waals surface area contributed by atoms with Gasteiger partial charge in [0, 0.05) is 24.9 Å². The molecule has 2 fully saturated rings. The molecule has 5 heteroatoms. The molecule has 0 radical (unpaired) electrons. The predicted molar refractivity (Wildman–Crippen MR) is 66.0 cm³/mol. The van der Waals surface area contributed by atoms with Crippen molar-refractivity contribution in [3.05, 3.63) is 23.5 Å². The molecule has 3 aliphatic heterocycles. The minimum Gasteiger partial charge on any atom is -0.366 e. The number of nitrogens with zero attached hydrogens (tertiary/aromatic N) is 2. The summed E-state index contributed by atoms with van der Waals surface area (Å²) >= 11 is 0. The molecule has 0 aromatic carbocycles. The van der Waals surface area contributed by atoms with Gasteiger partial charge in [-0.2, -0.15) is 0 Å². The number of rotatable bonds is 1. The van der Waals surface area contributed by atoms with Gasteiger partial charge >= 0.3 is 0 Å². The molecule has 0 aliphatic carbocycles. The summed E-state index contributed by atoms with van der Waals surface area (Å²) in [5.41, 5.74) is 6.63. The van der Waals surface area contributed by atoms with Crippen molar-refractivity contribution in [3.63, 3.8) is 0 Å². The number of piperazine rings is 1. The Balaban J connectivity index is 1.95. The molecule has 3 aliphatic rings. The highest BCUT2D eigenvalue weighted by molar-refractivity contribution is 5.97. The maximum atomic E-state index is 12.3. The number of fused-ring (bicyclic) bond motifs is 4. The topological polar surface area (TPSA) is 66.6 Å². The van der Waals surface area contributed by atoms with Crippen molar-refractivity contribution in [2.24, 2.45) is 5.73 Å². The van der Waals surface area contributed by atoms with Crippen LogP contribution >= 0.6 is 0 Å². The van der Waals surface area contributed by atoms with Crippen molar-refractivity contribution >= 4 is 11.8 Å². The molecule has 5 nitrogen and oxygen atoms in total. The summed E-state index contributed by atoms with van der Waals surface area (Å²) in [4.78, 5) is 27.4. The van der Waals surface area contributed by atoms with Crippen LogP contribution in [0.25, 0.3) is 0 Å². The average molecular weight is 247 g/mol. The Morgan fingerprint density at radius 3 is 3.00 bits per heavy atom. The second kappa shape index (κ2) is 4.15. The number of carbonyl (C=O) groups is 2. The Hall–Kier alpha value is -1.78. The maximum Gasteiger partial charge on any atom is 0.270 e. The van der Waals surface area contributed by atoms with Crippen LogP contribution in [0.15, 0.2) is 23.5 Å². The summed E-state index contributed by atoms with van der Waals surface area (Å²) in [6, 6.07) is 0.297. The van der Waals surface area contributed by atoms with Gasteiger partial charge < -0.3 is 15.5 Å². The van der Waals surface area contributed by atoms with Crippen molar-refractivity contribution in [3.8, 4) is 0 Å². The van der Waals surface area contributed by atoms with E-state index in [1.807, 2.05) is 15.9 Å². The van der Waals surface area contributed by atoms with Gasteiger partial charge in [0.25, 0.3) is 5.91 Å². The fourth-order valence-corrected chi connectivity index (χ4v) is 2.96. The Morgan fingerprint density at radius 2 is 2.22 bits per heavy atom. The van der Waals surface area contributed by atoms with Gasteiger partial charge in [-0.1, -0.05) is 6.08 Å². The van der Waals surface area contributed by atoms with Crippen LogP contribution in [0, 0.1) is 0 Å². The van der Waals surface area contributed by atoms with Crippen molar-refractivity contribution < 1.29 is 9.59 Å². The van der Waals surface area contributed by atoms with E-state index < -0.39 is 5.91 Å². The Labute approximate surface area is 106 Å². The molecule has 1 unspecified atom stereocenters. The van der Waals surface area contributed by atoms with Gasteiger partial charge in [0.15, 0.2) is 0 Å².